The number of fused-ring (bicyclic) bond motifs is 1. The van der Waals surface area contributed by atoms with Crippen LogP contribution in [0.1, 0.15) is 38.7 Å². The molecule has 3 aromatic rings. The minimum absolute atomic E-state index is 0.00136. The molecule has 6 N–H and O–H groups in total. The number of anilines is 1. The van der Waals surface area contributed by atoms with Crippen LogP contribution < -0.4 is 16.6 Å². The van der Waals surface area contributed by atoms with Crippen LogP contribution in [-0.4, -0.2) is 54.4 Å². The summed E-state index contributed by atoms with van der Waals surface area (Å²) in [5, 5.41) is 22.6. The maximum atomic E-state index is 12.5. The number of carboxylic acids is 1. The molecular formula is C24H30N6O6. The van der Waals surface area contributed by atoms with E-state index in [1.807, 2.05) is 18.2 Å². The lowest BCUT2D eigenvalue weighted by Gasteiger charge is -2.53. The van der Waals surface area contributed by atoms with Crippen molar-refractivity contribution in [3.63, 3.8) is 0 Å². The van der Waals surface area contributed by atoms with E-state index in [1.54, 1.807) is 30.5 Å². The number of aliphatic hydroxyl groups excluding tert-OH is 1. The Hall–Kier alpha value is -3.93. The number of carbonyl (C=O) groups is 2. The fourth-order valence-corrected chi connectivity index (χ4v) is 5.20. The molecule has 1 aliphatic rings. The molecule has 1 fully saturated rings. The summed E-state index contributed by atoms with van der Waals surface area (Å²) in [6.45, 7) is 3.30. The lowest BCUT2D eigenvalue weighted by atomic mass is 9.59. The Bertz CT molecular complexity index is 1320. The highest BCUT2D eigenvalue weighted by Crippen LogP contribution is 2.52. The van der Waals surface area contributed by atoms with Gasteiger partial charge in [-0.15, -0.1) is 0 Å². The number of benzene rings is 1. The molecule has 1 aromatic carbocycles. The molecule has 192 valence electrons. The van der Waals surface area contributed by atoms with Crippen LogP contribution >= 0.6 is 0 Å². The first-order valence-corrected chi connectivity index (χ1v) is 11.6. The monoisotopic (exact) mass is 498 g/mol. The number of alkyl carbamates (subject to hydrolysis) is 1. The molecule has 1 aliphatic carbocycles. The summed E-state index contributed by atoms with van der Waals surface area (Å²) in [6.07, 6.45) is 2.14. The van der Waals surface area contributed by atoms with Gasteiger partial charge in [-0.3, -0.25) is 9.78 Å². The van der Waals surface area contributed by atoms with Crippen molar-refractivity contribution < 1.29 is 24.5 Å². The maximum Gasteiger partial charge on any atom is 0.408 e. The number of aliphatic carboxylic acids is 1. The highest BCUT2D eigenvalue weighted by atomic mass is 16.5. The van der Waals surface area contributed by atoms with E-state index in [9.17, 15) is 24.6 Å². The maximum absolute atomic E-state index is 12.5. The van der Waals surface area contributed by atoms with E-state index in [0.29, 0.717) is 12.8 Å². The van der Waals surface area contributed by atoms with Crippen LogP contribution in [0.25, 0.3) is 11.2 Å². The standard InChI is InChI=1S/C24H30N6O6/c1-23(2,17(20(33)34)27-22(35)36-11-14-6-4-3-5-7-14)12-24(9-8-15(24)10-31)30-13-26-16-18(30)28-21(25)29-19(16)32/h3-7,13,15,17,31H,8-12H2,1-2H3,(H,27,35)(H,33,34)(H3,25,28,29,32)/t15?,17-,24-/m0/s1. The van der Waals surface area contributed by atoms with Crippen molar-refractivity contribution in [2.45, 2.75) is 51.3 Å². The highest BCUT2D eigenvalue weighted by molar-refractivity contribution is 5.80. The number of hydrogen-bond acceptors (Lipinski definition) is 8. The molecular weight excluding hydrogens is 468 g/mol. The van der Waals surface area contributed by atoms with Gasteiger partial charge in [-0.25, -0.2) is 14.6 Å². The lowest BCUT2D eigenvalue weighted by Crippen LogP contribution is -2.58. The first-order chi connectivity index (χ1) is 17.1. The van der Waals surface area contributed by atoms with Crippen LogP contribution in [0, 0.1) is 11.3 Å². The zero-order valence-electron chi connectivity index (χ0n) is 20.1. The second kappa shape index (κ2) is 9.61. The summed E-state index contributed by atoms with van der Waals surface area (Å²) in [7, 11) is 0. The Kier molecular flexibility index (Phi) is 6.72. The Balaban J connectivity index is 1.61. The number of carbonyl (C=O) groups excluding carboxylic acids is 1. The molecule has 1 unspecified atom stereocenters. The third kappa shape index (κ3) is 4.63. The summed E-state index contributed by atoms with van der Waals surface area (Å²) >= 11 is 0. The largest absolute Gasteiger partial charge is 0.480 e. The molecule has 2 heterocycles. The van der Waals surface area contributed by atoms with Crippen LogP contribution in [0.15, 0.2) is 41.5 Å². The molecule has 36 heavy (non-hydrogen) atoms. The SMILES string of the molecule is CC(C)(C[C@@]1(n2cnc3c(=O)[nH]c(N)nc32)CCC1CO)[C@@H](NC(=O)OCc1ccccc1)C(=O)O. The Morgan fingerprint density at radius 3 is 2.69 bits per heavy atom. The number of ether oxygens (including phenoxy) is 1. The number of rotatable bonds is 9. The van der Waals surface area contributed by atoms with Crippen molar-refractivity contribution in [2.75, 3.05) is 12.3 Å². The number of carboxylic acid groups (broad SMARTS) is 1. The van der Waals surface area contributed by atoms with Gasteiger partial charge in [0.15, 0.2) is 11.2 Å². The zero-order valence-corrected chi connectivity index (χ0v) is 20.1. The van der Waals surface area contributed by atoms with Crippen LogP contribution in [0.2, 0.25) is 0 Å². The zero-order chi connectivity index (χ0) is 26.1. The average molecular weight is 499 g/mol. The molecule has 3 atom stereocenters. The first-order valence-electron chi connectivity index (χ1n) is 11.6. The van der Waals surface area contributed by atoms with E-state index < -0.39 is 34.6 Å². The summed E-state index contributed by atoms with van der Waals surface area (Å²) < 4.78 is 6.96. The number of H-pyrrole nitrogens is 1. The van der Waals surface area contributed by atoms with Crippen LogP contribution in [0.4, 0.5) is 10.7 Å². The number of nitrogens with zero attached hydrogens (tertiary/aromatic N) is 3. The topological polar surface area (TPSA) is 185 Å². The number of imidazole rings is 1. The Labute approximate surface area is 206 Å². The second-order valence-corrected chi connectivity index (χ2v) is 9.90. The molecule has 1 amide bonds. The van der Waals surface area contributed by atoms with Gasteiger partial charge in [0.25, 0.3) is 5.56 Å². The molecule has 0 bridgehead atoms. The molecule has 0 radical (unpaired) electrons. The van der Waals surface area contributed by atoms with Crippen molar-refractivity contribution in [3.8, 4) is 0 Å². The van der Waals surface area contributed by atoms with Gasteiger partial charge in [-0.2, -0.15) is 4.98 Å². The van der Waals surface area contributed by atoms with Crippen molar-refractivity contribution in [1.29, 1.82) is 0 Å². The smallest absolute Gasteiger partial charge is 0.408 e. The van der Waals surface area contributed by atoms with Gasteiger partial charge in [0.2, 0.25) is 5.95 Å². The fraction of sp³-hybridized carbons (Fsp3) is 0.458. The van der Waals surface area contributed by atoms with E-state index in [1.165, 1.54) is 6.33 Å². The molecule has 0 aliphatic heterocycles. The van der Waals surface area contributed by atoms with E-state index >= 15 is 0 Å². The highest BCUT2D eigenvalue weighted by Gasteiger charge is 2.54. The molecule has 4 rings (SSSR count). The third-order valence-corrected chi connectivity index (χ3v) is 7.08. The van der Waals surface area contributed by atoms with E-state index in [-0.39, 0.29) is 42.7 Å². The Morgan fingerprint density at radius 1 is 1.36 bits per heavy atom. The summed E-state index contributed by atoms with van der Waals surface area (Å²) in [6, 6.07) is 7.75. The Morgan fingerprint density at radius 2 is 2.08 bits per heavy atom. The van der Waals surface area contributed by atoms with Crippen molar-refractivity contribution in [1.82, 2.24) is 24.8 Å². The van der Waals surface area contributed by atoms with Crippen molar-refractivity contribution >= 4 is 29.2 Å². The normalized spacial score (nSPS) is 20.5. The second-order valence-electron chi connectivity index (χ2n) is 9.90. The van der Waals surface area contributed by atoms with E-state index in [0.717, 1.165) is 5.56 Å². The average Bonchev–Trinajstić information content (AvgIpc) is 3.24. The molecule has 0 saturated heterocycles. The number of nitrogens with one attached hydrogen (secondary N) is 2. The number of hydrogen-bond donors (Lipinski definition) is 5. The van der Waals surface area contributed by atoms with Gasteiger partial charge in [0.1, 0.15) is 12.6 Å². The summed E-state index contributed by atoms with van der Waals surface area (Å²) in [4.78, 5) is 48.0. The van der Waals surface area contributed by atoms with Crippen molar-refractivity contribution in [3.05, 3.63) is 52.6 Å². The summed E-state index contributed by atoms with van der Waals surface area (Å²) in [5.41, 5.74) is 4.61. The number of nitrogens with two attached hydrogens (primary N) is 1. The van der Waals surface area contributed by atoms with Crippen LogP contribution in [-0.2, 0) is 21.7 Å². The van der Waals surface area contributed by atoms with Crippen LogP contribution in [0.5, 0.6) is 0 Å². The first kappa shape index (κ1) is 25.2. The quantitative estimate of drug-likeness (QED) is 0.292. The molecule has 0 spiro atoms. The molecule has 12 nitrogen and oxygen atoms in total. The number of aliphatic hydroxyl groups is 1. The van der Waals surface area contributed by atoms with Gasteiger partial charge in [0.05, 0.1) is 11.9 Å². The molecule has 2 aromatic heterocycles. The fourth-order valence-electron chi connectivity index (χ4n) is 5.20. The lowest BCUT2D eigenvalue weighted by molar-refractivity contribution is -0.144. The third-order valence-electron chi connectivity index (χ3n) is 7.08. The van der Waals surface area contributed by atoms with E-state index in [2.05, 4.69) is 20.3 Å². The predicted molar refractivity (Wildman–Crippen MR) is 130 cm³/mol. The van der Waals surface area contributed by atoms with Gasteiger partial charge >= 0.3 is 12.1 Å². The molecule has 12 heteroatoms. The summed E-state index contributed by atoms with van der Waals surface area (Å²) in [5.74, 6) is -1.54. The number of nitrogen functional groups attached to an aromatic ring is 1. The minimum Gasteiger partial charge on any atom is -0.480 e. The predicted octanol–water partition coefficient (Wildman–Crippen LogP) is 1.60. The van der Waals surface area contributed by atoms with Gasteiger partial charge in [-0.05, 0) is 30.2 Å². The van der Waals surface area contributed by atoms with Gasteiger partial charge < -0.3 is 30.6 Å². The number of aromatic nitrogens is 4. The minimum atomic E-state index is -1.30. The van der Waals surface area contributed by atoms with Crippen LogP contribution in [0.3, 0.4) is 0 Å². The van der Waals surface area contributed by atoms with Gasteiger partial charge in [0, 0.05) is 12.5 Å². The van der Waals surface area contributed by atoms with Crippen molar-refractivity contribution in [2.24, 2.45) is 11.3 Å². The number of aromatic amines is 1. The molecule has 1 saturated carbocycles. The van der Waals surface area contributed by atoms with E-state index in [4.69, 9.17) is 10.5 Å². The number of amides is 1. The van der Waals surface area contributed by atoms with Gasteiger partial charge in [-0.1, -0.05) is 44.2 Å².